The van der Waals surface area contributed by atoms with Crippen molar-refractivity contribution in [3.8, 4) is 5.75 Å². The van der Waals surface area contributed by atoms with Crippen LogP contribution in [-0.4, -0.2) is 32.2 Å². The molecule has 0 amide bonds. The van der Waals surface area contributed by atoms with Crippen LogP contribution in [0.2, 0.25) is 0 Å². The lowest BCUT2D eigenvalue weighted by Gasteiger charge is -2.17. The number of rotatable bonds is 6. The fourth-order valence-corrected chi connectivity index (χ4v) is 1.61. The van der Waals surface area contributed by atoms with Crippen molar-refractivity contribution in [1.29, 1.82) is 0 Å². The van der Waals surface area contributed by atoms with Gasteiger partial charge in [-0.3, -0.25) is 10.1 Å². The second-order valence-electron chi connectivity index (χ2n) is 5.47. The van der Waals surface area contributed by atoms with Crippen LogP contribution in [0.15, 0.2) is 30.5 Å². The first-order valence-electron chi connectivity index (χ1n) is 6.74. The van der Waals surface area contributed by atoms with E-state index < -0.39 is 10.5 Å². The number of benzene rings is 1. The first kappa shape index (κ1) is 16.4. The van der Waals surface area contributed by atoms with Gasteiger partial charge < -0.3 is 20.9 Å². The van der Waals surface area contributed by atoms with Gasteiger partial charge in [0.15, 0.2) is 0 Å². The van der Waals surface area contributed by atoms with Gasteiger partial charge >= 0.3 is 5.69 Å². The molecule has 4 N–H and O–H groups in total. The first-order chi connectivity index (χ1) is 10.7. The van der Waals surface area contributed by atoms with Crippen LogP contribution in [0.1, 0.15) is 13.8 Å². The van der Waals surface area contributed by atoms with Crippen molar-refractivity contribution >= 4 is 23.1 Å². The predicted octanol–water partition coefficient (Wildman–Crippen LogP) is 1.86. The Morgan fingerprint density at radius 3 is 2.57 bits per heavy atom. The third kappa shape index (κ3) is 4.78. The fraction of sp³-hybridized carbons (Fsp3) is 0.286. The van der Waals surface area contributed by atoms with Crippen molar-refractivity contribution in [3.05, 3.63) is 40.6 Å². The highest BCUT2D eigenvalue weighted by Crippen LogP contribution is 2.22. The summed E-state index contributed by atoms with van der Waals surface area (Å²) >= 11 is 0. The van der Waals surface area contributed by atoms with Gasteiger partial charge in [0.1, 0.15) is 18.6 Å². The summed E-state index contributed by atoms with van der Waals surface area (Å²) in [6, 6.07) is 6.87. The molecule has 1 aromatic heterocycles. The van der Waals surface area contributed by atoms with E-state index in [9.17, 15) is 15.2 Å². The molecule has 122 valence electrons. The van der Waals surface area contributed by atoms with Crippen molar-refractivity contribution in [2.75, 3.05) is 17.7 Å². The van der Waals surface area contributed by atoms with Gasteiger partial charge in [0, 0.05) is 5.69 Å². The maximum atomic E-state index is 10.7. The Kier molecular flexibility index (Phi) is 4.60. The van der Waals surface area contributed by atoms with E-state index >= 15 is 0 Å². The molecular weight excluding hydrogens is 302 g/mol. The maximum absolute atomic E-state index is 10.7. The Balaban J connectivity index is 2.03. The second-order valence-corrected chi connectivity index (χ2v) is 5.47. The molecule has 0 radical (unpaired) electrons. The lowest BCUT2D eigenvalue weighted by atomic mass is 10.2. The van der Waals surface area contributed by atoms with Gasteiger partial charge in [-0.15, -0.1) is 0 Å². The molecule has 0 saturated carbocycles. The summed E-state index contributed by atoms with van der Waals surface area (Å²) in [4.78, 5) is 17.7. The van der Waals surface area contributed by atoms with Gasteiger partial charge in [-0.25, -0.2) is 4.98 Å². The highest BCUT2D eigenvalue weighted by atomic mass is 16.6. The molecule has 0 aliphatic rings. The Hall–Kier alpha value is -2.94. The Labute approximate surface area is 132 Å². The van der Waals surface area contributed by atoms with E-state index in [2.05, 4.69) is 15.3 Å². The number of ether oxygens (including phenoxy) is 1. The minimum Gasteiger partial charge on any atom is -0.491 e. The van der Waals surface area contributed by atoms with Crippen molar-refractivity contribution in [1.82, 2.24) is 9.97 Å². The van der Waals surface area contributed by atoms with Crippen molar-refractivity contribution in [2.45, 2.75) is 19.4 Å². The zero-order valence-corrected chi connectivity index (χ0v) is 12.7. The molecule has 9 heteroatoms. The summed E-state index contributed by atoms with van der Waals surface area (Å²) in [6.45, 7) is 3.47. The van der Waals surface area contributed by atoms with Crippen LogP contribution in [0.3, 0.4) is 0 Å². The molecule has 0 fully saturated rings. The van der Waals surface area contributed by atoms with E-state index in [-0.39, 0.29) is 24.1 Å². The summed E-state index contributed by atoms with van der Waals surface area (Å²) in [5.74, 6) is 0.540. The van der Waals surface area contributed by atoms with E-state index in [1.54, 1.807) is 38.1 Å². The molecule has 9 nitrogen and oxygen atoms in total. The largest absolute Gasteiger partial charge is 0.491 e. The molecule has 1 heterocycles. The predicted molar refractivity (Wildman–Crippen MR) is 84.6 cm³/mol. The van der Waals surface area contributed by atoms with E-state index in [0.717, 1.165) is 6.20 Å². The van der Waals surface area contributed by atoms with Crippen LogP contribution in [0.4, 0.5) is 23.1 Å². The van der Waals surface area contributed by atoms with Gasteiger partial charge in [0.25, 0.3) is 0 Å². The SMILES string of the molecule is CC(C)(O)COc1ccc(Nc2ncc([N+](=O)[O-])c(N)n2)cc1. The monoisotopic (exact) mass is 319 g/mol. The van der Waals surface area contributed by atoms with Gasteiger partial charge in [-0.2, -0.15) is 4.98 Å². The molecule has 2 rings (SSSR count). The van der Waals surface area contributed by atoms with Crippen LogP contribution in [0.25, 0.3) is 0 Å². The number of anilines is 3. The molecule has 0 aliphatic heterocycles. The number of nitrogens with one attached hydrogen (secondary N) is 1. The maximum Gasteiger partial charge on any atom is 0.329 e. The zero-order chi connectivity index (χ0) is 17.0. The topological polar surface area (TPSA) is 136 Å². The number of aromatic nitrogens is 2. The normalized spacial score (nSPS) is 11.1. The number of nitrogens with zero attached hydrogens (tertiary/aromatic N) is 3. The van der Waals surface area contributed by atoms with Crippen LogP contribution >= 0.6 is 0 Å². The van der Waals surface area contributed by atoms with Gasteiger partial charge in [0.05, 0.1) is 10.5 Å². The molecule has 0 unspecified atom stereocenters. The smallest absolute Gasteiger partial charge is 0.329 e. The highest BCUT2D eigenvalue weighted by Gasteiger charge is 2.15. The summed E-state index contributed by atoms with van der Waals surface area (Å²) in [6.07, 6.45) is 1.05. The Morgan fingerprint density at radius 2 is 2.04 bits per heavy atom. The minimum absolute atomic E-state index is 0.151. The molecule has 0 bridgehead atoms. The third-order valence-corrected chi connectivity index (χ3v) is 2.70. The number of hydrogen-bond donors (Lipinski definition) is 3. The van der Waals surface area contributed by atoms with Crippen LogP contribution in [0, 0.1) is 10.1 Å². The van der Waals surface area contributed by atoms with Gasteiger partial charge in [-0.1, -0.05) is 0 Å². The standard InChI is InChI=1S/C14H17N5O4/c1-14(2,20)8-23-10-5-3-9(4-6-10)17-13-16-7-11(19(21)22)12(15)18-13/h3-7,20H,8H2,1-2H3,(H3,15,16,17,18). The molecule has 0 spiro atoms. The molecule has 0 aliphatic carbocycles. The van der Waals surface area contributed by atoms with E-state index in [4.69, 9.17) is 10.5 Å². The minimum atomic E-state index is -0.916. The van der Waals surface area contributed by atoms with Crippen LogP contribution < -0.4 is 15.8 Å². The third-order valence-electron chi connectivity index (χ3n) is 2.70. The second kappa shape index (κ2) is 6.44. The molecule has 1 aromatic carbocycles. The fourth-order valence-electron chi connectivity index (χ4n) is 1.61. The molecule has 0 atom stereocenters. The van der Waals surface area contributed by atoms with Gasteiger partial charge in [0.2, 0.25) is 11.8 Å². The molecule has 0 saturated heterocycles. The van der Waals surface area contributed by atoms with Gasteiger partial charge in [-0.05, 0) is 38.1 Å². The molecular formula is C14H17N5O4. The number of nitrogen functional groups attached to an aromatic ring is 1. The van der Waals surface area contributed by atoms with Crippen molar-refractivity contribution in [3.63, 3.8) is 0 Å². The first-order valence-corrected chi connectivity index (χ1v) is 6.74. The average molecular weight is 319 g/mol. The summed E-state index contributed by atoms with van der Waals surface area (Å²) < 4.78 is 5.43. The van der Waals surface area contributed by atoms with Crippen LogP contribution in [-0.2, 0) is 0 Å². The number of aliphatic hydroxyl groups is 1. The quantitative estimate of drug-likeness (QED) is 0.542. The summed E-state index contributed by atoms with van der Waals surface area (Å²) in [7, 11) is 0. The van der Waals surface area contributed by atoms with E-state index in [1.165, 1.54) is 0 Å². The number of nitro groups is 1. The Bertz CT molecular complexity index is 697. The van der Waals surface area contributed by atoms with Crippen molar-refractivity contribution < 1.29 is 14.8 Å². The summed E-state index contributed by atoms with van der Waals surface area (Å²) in [5, 5.41) is 23.1. The zero-order valence-electron chi connectivity index (χ0n) is 12.7. The lowest BCUT2D eigenvalue weighted by Crippen LogP contribution is -2.27. The highest BCUT2D eigenvalue weighted by molar-refractivity contribution is 5.59. The van der Waals surface area contributed by atoms with Crippen molar-refractivity contribution in [2.24, 2.45) is 0 Å². The van der Waals surface area contributed by atoms with E-state index in [1.807, 2.05) is 0 Å². The van der Waals surface area contributed by atoms with E-state index in [0.29, 0.717) is 11.4 Å². The average Bonchev–Trinajstić information content (AvgIpc) is 2.45. The van der Waals surface area contributed by atoms with Crippen LogP contribution in [0.5, 0.6) is 5.75 Å². The molecule has 23 heavy (non-hydrogen) atoms. The Morgan fingerprint density at radius 1 is 1.39 bits per heavy atom. The summed E-state index contributed by atoms with van der Waals surface area (Å²) in [5.41, 5.74) is 4.91. The molecule has 2 aromatic rings. The lowest BCUT2D eigenvalue weighted by molar-refractivity contribution is -0.384. The number of nitrogens with two attached hydrogens (primary N) is 1. The number of hydrogen-bond acceptors (Lipinski definition) is 8.